The van der Waals surface area contributed by atoms with Gasteiger partial charge in [0.1, 0.15) is 6.61 Å². The molecule has 1 aliphatic heterocycles. The predicted molar refractivity (Wildman–Crippen MR) is 86.9 cm³/mol. The van der Waals surface area contributed by atoms with Crippen molar-refractivity contribution in [2.45, 2.75) is 46.1 Å². The fourth-order valence-electron chi connectivity index (χ4n) is 2.61. The fourth-order valence-corrected chi connectivity index (χ4v) is 2.61. The summed E-state index contributed by atoms with van der Waals surface area (Å²) in [5.41, 5.74) is 2.37. The summed E-state index contributed by atoms with van der Waals surface area (Å²) in [5.74, 6) is 1.20. The topological polar surface area (TPSA) is 37.4 Å². The van der Waals surface area contributed by atoms with Crippen molar-refractivity contribution in [3.63, 3.8) is 0 Å². The third-order valence-corrected chi connectivity index (χ3v) is 3.91. The van der Waals surface area contributed by atoms with Crippen LogP contribution in [-0.4, -0.2) is 42.7 Å². The third kappa shape index (κ3) is 5.29. The zero-order valence-corrected chi connectivity index (χ0v) is 13.7. The Morgan fingerprint density at radius 3 is 2.71 bits per heavy atom. The van der Waals surface area contributed by atoms with Gasteiger partial charge in [-0.25, -0.2) is 4.98 Å². The smallest absolute Gasteiger partial charge is 0.213 e. The first-order valence-corrected chi connectivity index (χ1v) is 8.25. The molecule has 1 fully saturated rings. The maximum absolute atomic E-state index is 5.90. The highest BCUT2D eigenvalue weighted by Crippen LogP contribution is 2.19. The molecule has 0 radical (unpaired) electrons. The SMILES string of the molecule is CCNCc1cc(OCCN2CCCC2)nc(C(C)C)c1. The molecular weight excluding hydrogens is 262 g/mol. The average Bonchev–Trinajstić information content (AvgIpc) is 2.98. The van der Waals surface area contributed by atoms with E-state index in [1.165, 1.54) is 31.5 Å². The van der Waals surface area contributed by atoms with Crippen LogP contribution in [0.5, 0.6) is 5.88 Å². The van der Waals surface area contributed by atoms with Crippen LogP contribution in [0.25, 0.3) is 0 Å². The van der Waals surface area contributed by atoms with Crippen LogP contribution in [0.1, 0.15) is 50.8 Å². The van der Waals surface area contributed by atoms with Crippen LogP contribution in [-0.2, 0) is 6.54 Å². The number of ether oxygens (including phenoxy) is 1. The molecule has 0 bridgehead atoms. The summed E-state index contributed by atoms with van der Waals surface area (Å²) >= 11 is 0. The summed E-state index contributed by atoms with van der Waals surface area (Å²) in [4.78, 5) is 7.10. The second-order valence-electron chi connectivity index (χ2n) is 6.07. The molecule has 4 heteroatoms. The number of likely N-dealkylation sites (tertiary alicyclic amines) is 1. The van der Waals surface area contributed by atoms with Gasteiger partial charge in [-0.1, -0.05) is 20.8 Å². The first-order chi connectivity index (χ1) is 10.2. The molecule has 0 aromatic carbocycles. The van der Waals surface area contributed by atoms with Crippen LogP contribution in [0.15, 0.2) is 12.1 Å². The first kappa shape index (κ1) is 16.2. The molecule has 1 N–H and O–H groups in total. The Bertz CT molecular complexity index is 428. The lowest BCUT2D eigenvalue weighted by Gasteiger charge is -2.16. The van der Waals surface area contributed by atoms with Crippen molar-refractivity contribution >= 4 is 0 Å². The zero-order valence-electron chi connectivity index (χ0n) is 13.7. The highest BCUT2D eigenvalue weighted by Gasteiger charge is 2.12. The summed E-state index contributed by atoms with van der Waals surface area (Å²) in [5, 5.41) is 3.37. The molecule has 21 heavy (non-hydrogen) atoms. The van der Waals surface area contributed by atoms with E-state index in [9.17, 15) is 0 Å². The van der Waals surface area contributed by atoms with E-state index in [2.05, 4.69) is 48.1 Å². The standard InChI is InChI=1S/C17H29N3O/c1-4-18-13-15-11-16(14(2)3)19-17(12-15)21-10-9-20-7-5-6-8-20/h11-12,14,18H,4-10,13H2,1-3H3. The van der Waals surface area contributed by atoms with E-state index in [0.29, 0.717) is 5.92 Å². The number of pyridine rings is 1. The van der Waals surface area contributed by atoms with Crippen molar-refractivity contribution in [3.05, 3.63) is 23.4 Å². The summed E-state index contributed by atoms with van der Waals surface area (Å²) in [6.45, 7) is 12.5. The molecule has 2 heterocycles. The molecular formula is C17H29N3O. The Kier molecular flexibility index (Phi) is 6.46. The highest BCUT2D eigenvalue weighted by molar-refractivity contribution is 5.26. The van der Waals surface area contributed by atoms with Crippen LogP contribution in [0, 0.1) is 0 Å². The first-order valence-electron chi connectivity index (χ1n) is 8.25. The van der Waals surface area contributed by atoms with Gasteiger partial charge in [-0.3, -0.25) is 4.90 Å². The molecule has 1 aromatic heterocycles. The average molecular weight is 291 g/mol. The molecule has 0 saturated carbocycles. The van der Waals surface area contributed by atoms with Crippen LogP contribution in [0.2, 0.25) is 0 Å². The van der Waals surface area contributed by atoms with Gasteiger partial charge in [0.15, 0.2) is 0 Å². The van der Waals surface area contributed by atoms with Crippen molar-refractivity contribution in [2.75, 3.05) is 32.8 Å². The Hall–Kier alpha value is -1.13. The number of nitrogens with one attached hydrogen (secondary N) is 1. The van der Waals surface area contributed by atoms with E-state index in [1.54, 1.807) is 0 Å². The minimum atomic E-state index is 0.424. The zero-order chi connectivity index (χ0) is 15.1. The van der Waals surface area contributed by atoms with Gasteiger partial charge in [0, 0.05) is 24.8 Å². The number of hydrogen-bond acceptors (Lipinski definition) is 4. The van der Waals surface area contributed by atoms with Gasteiger partial charge in [0.25, 0.3) is 0 Å². The van der Waals surface area contributed by atoms with Gasteiger partial charge < -0.3 is 10.1 Å². The van der Waals surface area contributed by atoms with Crippen molar-refractivity contribution in [2.24, 2.45) is 0 Å². The molecule has 0 unspecified atom stereocenters. The lowest BCUT2D eigenvalue weighted by molar-refractivity contribution is 0.231. The minimum Gasteiger partial charge on any atom is -0.476 e. The maximum Gasteiger partial charge on any atom is 0.213 e. The predicted octanol–water partition coefficient (Wildman–Crippen LogP) is 2.79. The van der Waals surface area contributed by atoms with E-state index in [0.717, 1.165) is 37.8 Å². The number of rotatable bonds is 8. The monoisotopic (exact) mass is 291 g/mol. The van der Waals surface area contributed by atoms with E-state index < -0.39 is 0 Å². The van der Waals surface area contributed by atoms with Crippen molar-refractivity contribution in [3.8, 4) is 5.88 Å². The Morgan fingerprint density at radius 1 is 1.29 bits per heavy atom. The fraction of sp³-hybridized carbons (Fsp3) is 0.706. The molecule has 0 amide bonds. The maximum atomic E-state index is 5.90. The summed E-state index contributed by atoms with van der Waals surface area (Å²) in [7, 11) is 0. The van der Waals surface area contributed by atoms with Crippen LogP contribution < -0.4 is 10.1 Å². The largest absolute Gasteiger partial charge is 0.476 e. The van der Waals surface area contributed by atoms with Crippen molar-refractivity contribution in [1.29, 1.82) is 0 Å². The number of hydrogen-bond donors (Lipinski definition) is 1. The lowest BCUT2D eigenvalue weighted by atomic mass is 10.1. The highest BCUT2D eigenvalue weighted by atomic mass is 16.5. The second kappa shape index (κ2) is 8.35. The van der Waals surface area contributed by atoms with Gasteiger partial charge in [0.05, 0.1) is 0 Å². The summed E-state index contributed by atoms with van der Waals surface area (Å²) in [6, 6.07) is 4.25. The normalized spacial score (nSPS) is 15.8. The van der Waals surface area contributed by atoms with Gasteiger partial charge in [-0.15, -0.1) is 0 Å². The quantitative estimate of drug-likeness (QED) is 0.799. The molecule has 4 nitrogen and oxygen atoms in total. The van der Waals surface area contributed by atoms with E-state index in [-0.39, 0.29) is 0 Å². The van der Waals surface area contributed by atoms with E-state index in [1.807, 2.05) is 0 Å². The molecule has 118 valence electrons. The van der Waals surface area contributed by atoms with E-state index in [4.69, 9.17) is 4.74 Å². The molecule has 0 spiro atoms. The number of aromatic nitrogens is 1. The molecule has 2 rings (SSSR count). The lowest BCUT2D eigenvalue weighted by Crippen LogP contribution is -2.25. The Morgan fingerprint density at radius 2 is 2.05 bits per heavy atom. The molecule has 0 aliphatic carbocycles. The molecule has 1 aliphatic rings. The van der Waals surface area contributed by atoms with Crippen LogP contribution in [0.3, 0.4) is 0 Å². The summed E-state index contributed by atoms with van der Waals surface area (Å²) in [6.07, 6.45) is 2.65. The van der Waals surface area contributed by atoms with Gasteiger partial charge in [-0.05, 0) is 50.0 Å². The second-order valence-corrected chi connectivity index (χ2v) is 6.07. The van der Waals surface area contributed by atoms with Gasteiger partial charge in [0.2, 0.25) is 5.88 Å². The van der Waals surface area contributed by atoms with E-state index >= 15 is 0 Å². The van der Waals surface area contributed by atoms with Crippen LogP contribution >= 0.6 is 0 Å². The molecule has 0 atom stereocenters. The number of nitrogens with zero attached hydrogens (tertiary/aromatic N) is 2. The third-order valence-electron chi connectivity index (χ3n) is 3.91. The summed E-state index contributed by atoms with van der Waals surface area (Å²) < 4.78 is 5.90. The van der Waals surface area contributed by atoms with Crippen molar-refractivity contribution in [1.82, 2.24) is 15.2 Å². The Labute approximate surface area is 128 Å². The Balaban J connectivity index is 1.93. The van der Waals surface area contributed by atoms with Crippen molar-refractivity contribution < 1.29 is 4.74 Å². The van der Waals surface area contributed by atoms with Gasteiger partial charge >= 0.3 is 0 Å². The van der Waals surface area contributed by atoms with Gasteiger partial charge in [-0.2, -0.15) is 0 Å². The minimum absolute atomic E-state index is 0.424. The molecule has 1 aromatic rings. The van der Waals surface area contributed by atoms with Crippen LogP contribution in [0.4, 0.5) is 0 Å². The molecule has 1 saturated heterocycles.